The highest BCUT2D eigenvalue weighted by Crippen LogP contribution is 2.24. The fourth-order valence-corrected chi connectivity index (χ4v) is 3.79. The monoisotopic (exact) mass is 370 g/mol. The molecule has 7 nitrogen and oxygen atoms in total. The molecular formula is C16H14N6OS2. The van der Waals surface area contributed by atoms with Gasteiger partial charge in [-0.25, -0.2) is 14.5 Å². The molecule has 25 heavy (non-hydrogen) atoms. The summed E-state index contributed by atoms with van der Waals surface area (Å²) in [5, 5.41) is 18.7. The SMILES string of the molecule is Cc1nc2cc(NC(=O)NCc3cn(-c4ccsc4)nn3)ccc2s1. The standard InChI is InChI=1S/C16H14N6OS2/c1-10-18-14-6-11(2-3-15(14)25-10)19-16(23)17-7-12-8-22(21-20-12)13-4-5-24-9-13/h2-6,8-9H,7H2,1H3,(H2,17,19,23). The Hall–Kier alpha value is -2.78. The molecule has 0 aliphatic heterocycles. The van der Waals surface area contributed by atoms with Crippen LogP contribution in [0.1, 0.15) is 10.7 Å². The molecule has 0 spiro atoms. The second-order valence-electron chi connectivity index (χ2n) is 5.36. The topological polar surface area (TPSA) is 84.7 Å². The molecule has 0 aliphatic carbocycles. The number of carbonyl (C=O) groups is 1. The van der Waals surface area contributed by atoms with E-state index in [-0.39, 0.29) is 6.03 Å². The van der Waals surface area contributed by atoms with Gasteiger partial charge in [0.15, 0.2) is 0 Å². The lowest BCUT2D eigenvalue weighted by Gasteiger charge is -2.06. The third-order valence-corrected chi connectivity index (χ3v) is 5.12. The maximum absolute atomic E-state index is 12.1. The number of benzene rings is 1. The van der Waals surface area contributed by atoms with Gasteiger partial charge in [-0.2, -0.15) is 11.3 Å². The Kier molecular flexibility index (Phi) is 4.16. The number of hydrogen-bond donors (Lipinski definition) is 2. The molecular weight excluding hydrogens is 356 g/mol. The summed E-state index contributed by atoms with van der Waals surface area (Å²) in [4.78, 5) is 16.5. The molecule has 0 saturated carbocycles. The van der Waals surface area contributed by atoms with Crippen LogP contribution in [0.25, 0.3) is 15.9 Å². The van der Waals surface area contributed by atoms with E-state index in [2.05, 4.69) is 25.9 Å². The summed E-state index contributed by atoms with van der Waals surface area (Å²) < 4.78 is 2.79. The average molecular weight is 370 g/mol. The van der Waals surface area contributed by atoms with Crippen molar-refractivity contribution in [3.05, 3.63) is 51.9 Å². The van der Waals surface area contributed by atoms with Crippen LogP contribution in [-0.4, -0.2) is 26.0 Å². The molecule has 126 valence electrons. The smallest absolute Gasteiger partial charge is 0.319 e. The van der Waals surface area contributed by atoms with Crippen molar-refractivity contribution in [2.75, 3.05) is 5.32 Å². The normalized spacial score (nSPS) is 10.9. The van der Waals surface area contributed by atoms with Gasteiger partial charge in [0.05, 0.1) is 33.7 Å². The van der Waals surface area contributed by atoms with Crippen LogP contribution in [0.3, 0.4) is 0 Å². The summed E-state index contributed by atoms with van der Waals surface area (Å²) >= 11 is 3.22. The van der Waals surface area contributed by atoms with E-state index in [1.807, 2.05) is 41.9 Å². The van der Waals surface area contributed by atoms with E-state index < -0.39 is 0 Å². The largest absolute Gasteiger partial charge is 0.332 e. The van der Waals surface area contributed by atoms with E-state index in [1.54, 1.807) is 33.6 Å². The first-order valence-electron chi connectivity index (χ1n) is 7.53. The number of nitrogens with zero attached hydrogens (tertiary/aromatic N) is 4. The summed E-state index contributed by atoms with van der Waals surface area (Å²) in [6.07, 6.45) is 1.80. The Balaban J connectivity index is 1.37. The molecule has 0 bridgehead atoms. The molecule has 2 N–H and O–H groups in total. The van der Waals surface area contributed by atoms with Gasteiger partial charge in [-0.05, 0) is 36.6 Å². The summed E-state index contributed by atoms with van der Waals surface area (Å²) in [7, 11) is 0. The molecule has 3 aromatic heterocycles. The van der Waals surface area contributed by atoms with Gasteiger partial charge >= 0.3 is 6.03 Å². The second kappa shape index (κ2) is 6.61. The number of urea groups is 1. The van der Waals surface area contributed by atoms with Gasteiger partial charge < -0.3 is 10.6 Å². The maximum Gasteiger partial charge on any atom is 0.319 e. The quantitative estimate of drug-likeness (QED) is 0.575. The van der Waals surface area contributed by atoms with Gasteiger partial charge in [0.1, 0.15) is 5.69 Å². The van der Waals surface area contributed by atoms with Crippen molar-refractivity contribution in [1.29, 1.82) is 0 Å². The summed E-state index contributed by atoms with van der Waals surface area (Å²) in [6.45, 7) is 2.27. The number of fused-ring (bicyclic) bond motifs is 1. The maximum atomic E-state index is 12.1. The van der Waals surface area contributed by atoms with Crippen LogP contribution in [0, 0.1) is 6.92 Å². The molecule has 0 atom stereocenters. The van der Waals surface area contributed by atoms with E-state index in [1.165, 1.54) is 0 Å². The molecule has 9 heteroatoms. The molecule has 3 heterocycles. The molecule has 0 unspecified atom stereocenters. The van der Waals surface area contributed by atoms with Crippen LogP contribution < -0.4 is 10.6 Å². The molecule has 2 amide bonds. The molecule has 4 rings (SSSR count). The van der Waals surface area contributed by atoms with Crippen molar-refractivity contribution in [2.45, 2.75) is 13.5 Å². The lowest BCUT2D eigenvalue weighted by atomic mass is 10.3. The second-order valence-corrected chi connectivity index (χ2v) is 7.37. The summed E-state index contributed by atoms with van der Waals surface area (Å²) in [5.74, 6) is 0. The number of rotatable bonds is 4. The zero-order chi connectivity index (χ0) is 17.2. The first-order chi connectivity index (χ1) is 12.2. The number of amides is 2. The van der Waals surface area contributed by atoms with Crippen LogP contribution >= 0.6 is 22.7 Å². The average Bonchev–Trinajstić information content (AvgIpc) is 3.32. The van der Waals surface area contributed by atoms with Gasteiger partial charge in [-0.1, -0.05) is 5.21 Å². The number of nitrogens with one attached hydrogen (secondary N) is 2. The van der Waals surface area contributed by atoms with E-state index in [4.69, 9.17) is 0 Å². The minimum atomic E-state index is -0.295. The number of thiophene rings is 1. The van der Waals surface area contributed by atoms with Crippen molar-refractivity contribution >= 4 is 44.6 Å². The van der Waals surface area contributed by atoms with Gasteiger partial charge in [-0.3, -0.25) is 0 Å². The first kappa shape index (κ1) is 15.7. The van der Waals surface area contributed by atoms with Crippen LogP contribution in [0.2, 0.25) is 0 Å². The predicted octanol–water partition coefficient (Wildman–Crippen LogP) is 3.57. The highest BCUT2D eigenvalue weighted by atomic mass is 32.1. The molecule has 0 radical (unpaired) electrons. The van der Waals surface area contributed by atoms with Crippen LogP contribution in [0.15, 0.2) is 41.2 Å². The number of hydrogen-bond acceptors (Lipinski definition) is 6. The third-order valence-electron chi connectivity index (χ3n) is 3.49. The fourth-order valence-electron chi connectivity index (χ4n) is 2.36. The predicted molar refractivity (Wildman–Crippen MR) is 99.5 cm³/mol. The molecule has 0 fully saturated rings. The van der Waals surface area contributed by atoms with E-state index in [9.17, 15) is 4.79 Å². The van der Waals surface area contributed by atoms with Crippen LogP contribution in [-0.2, 0) is 6.54 Å². The Morgan fingerprint density at radius 1 is 1.32 bits per heavy atom. The van der Waals surface area contributed by atoms with Crippen LogP contribution in [0.5, 0.6) is 0 Å². The van der Waals surface area contributed by atoms with Gasteiger partial charge in [-0.15, -0.1) is 16.4 Å². The number of anilines is 1. The number of aromatic nitrogens is 4. The summed E-state index contributed by atoms with van der Waals surface area (Å²) in [5.41, 5.74) is 3.24. The van der Waals surface area contributed by atoms with Gasteiger partial charge in [0.2, 0.25) is 0 Å². The van der Waals surface area contributed by atoms with E-state index in [0.29, 0.717) is 17.9 Å². The highest BCUT2D eigenvalue weighted by molar-refractivity contribution is 7.18. The molecule has 4 aromatic rings. The Morgan fingerprint density at radius 3 is 3.08 bits per heavy atom. The van der Waals surface area contributed by atoms with Crippen molar-refractivity contribution < 1.29 is 4.79 Å². The van der Waals surface area contributed by atoms with Crippen molar-refractivity contribution in [1.82, 2.24) is 25.3 Å². The number of thiazole rings is 1. The zero-order valence-electron chi connectivity index (χ0n) is 13.3. The lowest BCUT2D eigenvalue weighted by Crippen LogP contribution is -2.28. The van der Waals surface area contributed by atoms with Crippen molar-refractivity contribution in [3.63, 3.8) is 0 Å². The Labute approximate surface area is 151 Å². The van der Waals surface area contributed by atoms with E-state index in [0.717, 1.165) is 20.9 Å². The molecule has 0 saturated heterocycles. The lowest BCUT2D eigenvalue weighted by molar-refractivity contribution is 0.251. The minimum Gasteiger partial charge on any atom is -0.332 e. The Bertz CT molecular complexity index is 1020. The van der Waals surface area contributed by atoms with E-state index >= 15 is 0 Å². The number of carbonyl (C=O) groups excluding carboxylic acids is 1. The van der Waals surface area contributed by atoms with Crippen molar-refractivity contribution in [3.8, 4) is 5.69 Å². The van der Waals surface area contributed by atoms with Gasteiger partial charge in [0.25, 0.3) is 0 Å². The molecule has 1 aromatic carbocycles. The summed E-state index contributed by atoms with van der Waals surface area (Å²) in [6, 6.07) is 7.36. The third kappa shape index (κ3) is 3.52. The highest BCUT2D eigenvalue weighted by Gasteiger charge is 2.07. The van der Waals surface area contributed by atoms with Gasteiger partial charge in [0, 0.05) is 11.1 Å². The van der Waals surface area contributed by atoms with Crippen molar-refractivity contribution in [2.24, 2.45) is 0 Å². The Morgan fingerprint density at radius 2 is 2.24 bits per heavy atom. The number of aryl methyl sites for hydroxylation is 1. The first-order valence-corrected chi connectivity index (χ1v) is 9.29. The zero-order valence-corrected chi connectivity index (χ0v) is 14.9. The fraction of sp³-hybridized carbons (Fsp3) is 0.125. The molecule has 0 aliphatic rings. The van der Waals surface area contributed by atoms with Crippen LogP contribution in [0.4, 0.5) is 10.5 Å². The minimum absolute atomic E-state index is 0.295.